The van der Waals surface area contributed by atoms with E-state index in [9.17, 15) is 25.4 Å². The summed E-state index contributed by atoms with van der Waals surface area (Å²) in [6.45, 7) is 15.0. The molecule has 36 heavy (non-hydrogen) atoms. The predicted octanol–water partition coefficient (Wildman–Crippen LogP) is 5.67. The Bertz CT molecular complexity index is 934. The second-order valence-corrected chi connectivity index (χ2v) is 14.4. The predicted molar refractivity (Wildman–Crippen MR) is 137 cm³/mol. The van der Waals surface area contributed by atoms with E-state index in [0.29, 0.717) is 17.8 Å². The number of hydrogen-bond donors (Lipinski definition) is 4. The molecular weight excluding hydrogens is 456 g/mol. The molecule has 0 aliphatic heterocycles. The molecule has 5 aliphatic carbocycles. The van der Waals surface area contributed by atoms with Gasteiger partial charge in [0.15, 0.2) is 0 Å². The van der Waals surface area contributed by atoms with Crippen molar-refractivity contribution in [3.8, 4) is 0 Å². The maximum atomic E-state index is 12.5. The van der Waals surface area contributed by atoms with Crippen LogP contribution in [0.15, 0.2) is 12.2 Å². The summed E-state index contributed by atoms with van der Waals surface area (Å²) in [7, 11) is 0. The highest BCUT2D eigenvalue weighted by Crippen LogP contribution is 2.89. The number of hydrogen-bond acceptors (Lipinski definition) is 5. The average molecular weight is 505 g/mol. The number of carbonyl (C=O) groups is 1. The number of aliphatic carboxylic acids is 1. The number of rotatable bonds is 7. The molecule has 6 nitrogen and oxygen atoms in total. The minimum absolute atomic E-state index is 0.00828. The Morgan fingerprint density at radius 2 is 1.67 bits per heavy atom. The van der Waals surface area contributed by atoms with Crippen molar-refractivity contribution in [2.45, 2.75) is 117 Å². The quantitative estimate of drug-likeness (QED) is 0.202. The first-order valence-corrected chi connectivity index (χ1v) is 14.3. The average Bonchev–Trinajstić information content (AvgIpc) is 3.42. The van der Waals surface area contributed by atoms with Gasteiger partial charge >= 0.3 is 5.97 Å². The molecule has 5 rings (SSSR count). The van der Waals surface area contributed by atoms with Crippen LogP contribution < -0.4 is 0 Å². The Kier molecular flexibility index (Phi) is 6.12. The van der Waals surface area contributed by atoms with Crippen LogP contribution in [0.2, 0.25) is 0 Å². The molecular formula is C30H48O6. The molecule has 6 heteroatoms. The van der Waals surface area contributed by atoms with Crippen molar-refractivity contribution in [3.63, 3.8) is 0 Å². The molecule has 5 saturated carbocycles. The van der Waals surface area contributed by atoms with Crippen molar-refractivity contribution < 1.29 is 30.3 Å². The Balaban J connectivity index is 1.42. The standard InChI is InChI=1S/C30H48O6/c1-17(2)20(36-35)8-7-18(3)19-11-12-27(5)21-9-10-22-28(6,25(33)34)23(31)15-24(32)30(22)16-29(21,30)14-13-26(19,27)4/h18-24,31-32,35H,1,7-16H2,2-6H3,(H,33,34)/t18-,19-,20?,21+,22-,23+,24+,26-,27+,28+,29+,30-/m1/s1. The van der Waals surface area contributed by atoms with Gasteiger partial charge in [-0.05, 0) is 117 Å². The zero-order valence-corrected chi connectivity index (χ0v) is 22.9. The van der Waals surface area contributed by atoms with Crippen molar-refractivity contribution in [1.29, 1.82) is 0 Å². The molecule has 1 unspecified atom stereocenters. The lowest BCUT2D eigenvalue weighted by molar-refractivity contribution is -0.270. The van der Waals surface area contributed by atoms with E-state index >= 15 is 0 Å². The largest absolute Gasteiger partial charge is 0.481 e. The monoisotopic (exact) mass is 504 g/mol. The van der Waals surface area contributed by atoms with Crippen LogP contribution >= 0.6 is 0 Å². The molecule has 0 heterocycles. The van der Waals surface area contributed by atoms with Gasteiger partial charge in [-0.2, -0.15) is 0 Å². The van der Waals surface area contributed by atoms with Gasteiger partial charge in [-0.15, -0.1) is 0 Å². The van der Waals surface area contributed by atoms with E-state index in [4.69, 9.17) is 0 Å². The molecule has 5 fully saturated rings. The van der Waals surface area contributed by atoms with E-state index in [1.54, 1.807) is 6.92 Å². The summed E-state index contributed by atoms with van der Waals surface area (Å²) in [5.74, 6) is 0.522. The molecule has 4 N–H and O–H groups in total. The Morgan fingerprint density at radius 1 is 1.00 bits per heavy atom. The SMILES string of the molecule is C=C(C)C(CC[C@@H](C)[C@H]1CC[C@@]2(C)[C@@H]3CC[C@@H]4[C@](C)(C(=O)O)[C@@H](O)C[C@H](O)[C@@]45C[C@@]35CC[C@]12C)OO. The Hall–Kier alpha value is -0.950. The van der Waals surface area contributed by atoms with Crippen molar-refractivity contribution in [1.82, 2.24) is 0 Å². The van der Waals surface area contributed by atoms with E-state index in [2.05, 4.69) is 32.2 Å². The van der Waals surface area contributed by atoms with Crippen molar-refractivity contribution in [2.24, 2.45) is 50.7 Å². The van der Waals surface area contributed by atoms with E-state index in [1.807, 2.05) is 6.92 Å². The van der Waals surface area contributed by atoms with Gasteiger partial charge in [0.25, 0.3) is 0 Å². The minimum atomic E-state index is -1.18. The molecule has 204 valence electrons. The van der Waals surface area contributed by atoms with Crippen molar-refractivity contribution >= 4 is 5.97 Å². The first-order chi connectivity index (χ1) is 16.8. The Labute approximate surface area is 216 Å². The summed E-state index contributed by atoms with van der Waals surface area (Å²) < 4.78 is 0. The van der Waals surface area contributed by atoms with Gasteiger partial charge in [0.2, 0.25) is 0 Å². The van der Waals surface area contributed by atoms with E-state index in [1.165, 1.54) is 12.8 Å². The third kappa shape index (κ3) is 3.02. The van der Waals surface area contributed by atoms with Gasteiger partial charge < -0.3 is 15.3 Å². The number of fused-ring (bicyclic) bond motifs is 2. The lowest BCUT2D eigenvalue weighted by Crippen LogP contribution is -2.63. The maximum Gasteiger partial charge on any atom is 0.312 e. The van der Waals surface area contributed by atoms with Gasteiger partial charge in [0.1, 0.15) is 6.10 Å². The van der Waals surface area contributed by atoms with E-state index in [-0.39, 0.29) is 40.1 Å². The van der Waals surface area contributed by atoms with Crippen LogP contribution in [0.4, 0.5) is 0 Å². The highest BCUT2D eigenvalue weighted by atomic mass is 17.1. The smallest absolute Gasteiger partial charge is 0.312 e. The zero-order chi connectivity index (χ0) is 26.5. The number of carboxylic acids is 1. The van der Waals surface area contributed by atoms with Crippen LogP contribution in [0.3, 0.4) is 0 Å². The normalized spacial score (nSPS) is 52.8. The van der Waals surface area contributed by atoms with Crippen LogP contribution in [-0.2, 0) is 9.68 Å². The van der Waals surface area contributed by atoms with Gasteiger partial charge in [0.05, 0.1) is 17.6 Å². The summed E-state index contributed by atoms with van der Waals surface area (Å²) in [4.78, 5) is 17.2. The van der Waals surface area contributed by atoms with Gasteiger partial charge in [-0.25, -0.2) is 4.89 Å². The fourth-order valence-electron chi connectivity index (χ4n) is 11.3. The first kappa shape index (κ1) is 26.6. The second-order valence-electron chi connectivity index (χ2n) is 14.4. The van der Waals surface area contributed by atoms with Gasteiger partial charge in [0, 0.05) is 11.8 Å². The summed E-state index contributed by atoms with van der Waals surface area (Å²) in [5, 5.41) is 41.8. The minimum Gasteiger partial charge on any atom is -0.481 e. The lowest BCUT2D eigenvalue weighted by Gasteiger charge is -2.63. The third-order valence-corrected chi connectivity index (χ3v) is 13.6. The molecule has 0 aromatic rings. The number of carboxylic acid groups (broad SMARTS) is 1. The van der Waals surface area contributed by atoms with Crippen molar-refractivity contribution in [2.75, 3.05) is 0 Å². The second kappa shape index (κ2) is 8.27. The van der Waals surface area contributed by atoms with Crippen LogP contribution in [0.25, 0.3) is 0 Å². The summed E-state index contributed by atoms with van der Waals surface area (Å²) in [6.07, 6.45) is 7.27. The van der Waals surface area contributed by atoms with Crippen molar-refractivity contribution in [3.05, 3.63) is 12.2 Å². The maximum absolute atomic E-state index is 12.5. The molecule has 0 saturated heterocycles. The zero-order valence-electron chi connectivity index (χ0n) is 22.9. The molecule has 0 aromatic carbocycles. The van der Waals surface area contributed by atoms with Crippen LogP contribution in [-0.4, -0.2) is 44.9 Å². The van der Waals surface area contributed by atoms with E-state index in [0.717, 1.165) is 50.5 Å². The molecule has 2 spiro atoms. The molecule has 0 amide bonds. The third-order valence-electron chi connectivity index (χ3n) is 13.6. The van der Waals surface area contributed by atoms with Crippen LogP contribution in [0.5, 0.6) is 0 Å². The summed E-state index contributed by atoms with van der Waals surface area (Å²) >= 11 is 0. The van der Waals surface area contributed by atoms with Gasteiger partial charge in [-0.1, -0.05) is 27.4 Å². The topological polar surface area (TPSA) is 107 Å². The first-order valence-electron chi connectivity index (χ1n) is 14.3. The molecule has 0 radical (unpaired) electrons. The highest BCUT2D eigenvalue weighted by molar-refractivity contribution is 5.76. The highest BCUT2D eigenvalue weighted by Gasteiger charge is 2.85. The Morgan fingerprint density at radius 3 is 2.28 bits per heavy atom. The molecule has 0 aromatic heterocycles. The van der Waals surface area contributed by atoms with Crippen LogP contribution in [0.1, 0.15) is 98.8 Å². The summed E-state index contributed by atoms with van der Waals surface area (Å²) in [5.41, 5.74) is -0.316. The molecule has 12 atom stereocenters. The fraction of sp³-hybridized carbons (Fsp3) is 0.900. The lowest BCUT2D eigenvalue weighted by atomic mass is 9.41. The van der Waals surface area contributed by atoms with E-state index < -0.39 is 23.6 Å². The molecule has 5 aliphatic rings. The number of aliphatic hydroxyl groups is 2. The fourth-order valence-corrected chi connectivity index (χ4v) is 11.3. The summed E-state index contributed by atoms with van der Waals surface area (Å²) in [6, 6.07) is 0. The molecule has 0 bridgehead atoms. The number of aliphatic hydroxyl groups excluding tert-OH is 2. The van der Waals surface area contributed by atoms with Crippen LogP contribution in [0, 0.1) is 50.7 Å². The van der Waals surface area contributed by atoms with Gasteiger partial charge in [-0.3, -0.25) is 10.1 Å².